The first-order chi connectivity index (χ1) is 11.1. The second-order valence-corrected chi connectivity index (χ2v) is 7.36. The normalized spacial score (nSPS) is 19.8. The number of carbonyl (C=O) groups is 1. The summed E-state index contributed by atoms with van der Waals surface area (Å²) in [5.74, 6) is -0.732. The lowest BCUT2D eigenvalue weighted by atomic mass is 10.1. The van der Waals surface area contributed by atoms with Crippen LogP contribution in [0.2, 0.25) is 0 Å². The van der Waals surface area contributed by atoms with Gasteiger partial charge < -0.3 is 10.1 Å². The molecule has 0 aliphatic carbocycles. The van der Waals surface area contributed by atoms with Gasteiger partial charge >= 0.3 is 6.36 Å². The second kappa shape index (κ2) is 6.98. The molecule has 134 valence electrons. The van der Waals surface area contributed by atoms with E-state index in [9.17, 15) is 26.4 Å². The number of carbonyl (C=O) groups excluding carboxylic acids is 1. The van der Waals surface area contributed by atoms with Crippen LogP contribution in [0, 0.1) is 0 Å². The van der Waals surface area contributed by atoms with E-state index < -0.39 is 22.1 Å². The van der Waals surface area contributed by atoms with Gasteiger partial charge in [-0.3, -0.25) is 4.79 Å². The number of benzene rings is 1. The van der Waals surface area contributed by atoms with Gasteiger partial charge in [-0.1, -0.05) is 0 Å². The van der Waals surface area contributed by atoms with E-state index in [2.05, 4.69) is 10.1 Å². The van der Waals surface area contributed by atoms with Crippen molar-refractivity contribution >= 4 is 15.9 Å². The first-order valence-corrected chi connectivity index (χ1v) is 8.65. The Balaban J connectivity index is 2.13. The first-order valence-electron chi connectivity index (χ1n) is 7.21. The van der Waals surface area contributed by atoms with Crippen molar-refractivity contribution in [3.8, 4) is 5.75 Å². The molecule has 6 nitrogen and oxygen atoms in total. The maximum atomic E-state index is 12.6. The Labute approximate surface area is 137 Å². The van der Waals surface area contributed by atoms with E-state index in [0.29, 0.717) is 19.4 Å². The average molecular weight is 366 g/mol. The third-order valence-corrected chi connectivity index (χ3v) is 5.37. The summed E-state index contributed by atoms with van der Waals surface area (Å²) in [6.07, 6.45) is -3.58. The fourth-order valence-electron chi connectivity index (χ4n) is 2.53. The largest absolute Gasteiger partial charge is 0.573 e. The van der Waals surface area contributed by atoms with Gasteiger partial charge in [0.1, 0.15) is 5.75 Å². The van der Waals surface area contributed by atoms with Crippen LogP contribution in [-0.2, 0) is 14.8 Å². The van der Waals surface area contributed by atoms with Crippen LogP contribution in [0.1, 0.15) is 19.8 Å². The standard InChI is InChI=1S/C14H17F3N2O4S/c1-10(20)18-11-3-2-8-19(9-11)24(21,22)13-6-4-12(5-7-13)23-14(15,16)17/h4-7,11H,2-3,8-9H2,1H3,(H,18,20). The molecule has 0 saturated carbocycles. The third kappa shape index (κ3) is 4.84. The molecule has 0 bridgehead atoms. The molecule has 1 aliphatic rings. The molecular weight excluding hydrogens is 349 g/mol. The molecule has 24 heavy (non-hydrogen) atoms. The summed E-state index contributed by atoms with van der Waals surface area (Å²) < 4.78 is 66.5. The predicted octanol–water partition coefficient (Wildman–Crippen LogP) is 1.87. The Morgan fingerprint density at radius 3 is 2.46 bits per heavy atom. The second-order valence-electron chi connectivity index (χ2n) is 5.42. The average Bonchev–Trinajstić information content (AvgIpc) is 2.45. The van der Waals surface area contributed by atoms with E-state index in [0.717, 1.165) is 24.3 Å². The number of amides is 1. The number of ether oxygens (including phenoxy) is 1. The summed E-state index contributed by atoms with van der Waals surface area (Å²) in [7, 11) is -3.85. The SMILES string of the molecule is CC(=O)NC1CCCN(S(=O)(=O)c2ccc(OC(F)(F)F)cc2)C1. The number of nitrogens with zero attached hydrogens (tertiary/aromatic N) is 1. The van der Waals surface area contributed by atoms with Gasteiger partial charge in [-0.15, -0.1) is 13.2 Å². The van der Waals surface area contributed by atoms with Gasteiger partial charge in [0.2, 0.25) is 15.9 Å². The molecule has 1 N–H and O–H groups in total. The van der Waals surface area contributed by atoms with Crippen molar-refractivity contribution in [1.82, 2.24) is 9.62 Å². The van der Waals surface area contributed by atoms with E-state index >= 15 is 0 Å². The molecule has 0 radical (unpaired) electrons. The van der Waals surface area contributed by atoms with Gasteiger partial charge in [-0.25, -0.2) is 8.42 Å². The minimum Gasteiger partial charge on any atom is -0.406 e. The zero-order valence-corrected chi connectivity index (χ0v) is 13.7. The van der Waals surface area contributed by atoms with E-state index in [-0.39, 0.29) is 23.4 Å². The van der Waals surface area contributed by atoms with Crippen LogP contribution < -0.4 is 10.1 Å². The van der Waals surface area contributed by atoms with E-state index in [1.807, 2.05) is 0 Å². The summed E-state index contributed by atoms with van der Waals surface area (Å²) in [6, 6.07) is 3.76. The summed E-state index contributed by atoms with van der Waals surface area (Å²) in [5, 5.41) is 2.68. The molecular formula is C14H17F3N2O4S. The quantitative estimate of drug-likeness (QED) is 0.883. The van der Waals surface area contributed by atoms with Crippen LogP contribution in [0.5, 0.6) is 5.75 Å². The predicted molar refractivity (Wildman–Crippen MR) is 78.7 cm³/mol. The van der Waals surface area contributed by atoms with Crippen molar-refractivity contribution in [1.29, 1.82) is 0 Å². The number of piperidine rings is 1. The number of alkyl halides is 3. The van der Waals surface area contributed by atoms with Crippen molar-refractivity contribution in [3.63, 3.8) is 0 Å². The molecule has 1 unspecified atom stereocenters. The Kier molecular flexibility index (Phi) is 5.38. The van der Waals surface area contributed by atoms with Crippen LogP contribution >= 0.6 is 0 Å². The summed E-state index contributed by atoms with van der Waals surface area (Å²) in [5.41, 5.74) is 0. The highest BCUT2D eigenvalue weighted by Crippen LogP contribution is 2.26. The lowest BCUT2D eigenvalue weighted by Crippen LogP contribution is -2.49. The molecule has 2 rings (SSSR count). The number of hydrogen-bond acceptors (Lipinski definition) is 4. The monoisotopic (exact) mass is 366 g/mol. The maximum absolute atomic E-state index is 12.6. The Morgan fingerprint density at radius 1 is 1.29 bits per heavy atom. The van der Waals surface area contributed by atoms with E-state index in [1.54, 1.807) is 0 Å². The third-order valence-electron chi connectivity index (χ3n) is 3.49. The number of nitrogens with one attached hydrogen (secondary N) is 1. The number of halogens is 3. The summed E-state index contributed by atoms with van der Waals surface area (Å²) in [4.78, 5) is 11.0. The van der Waals surface area contributed by atoms with Crippen LogP contribution in [0.25, 0.3) is 0 Å². The first kappa shape index (κ1) is 18.5. The van der Waals surface area contributed by atoms with Gasteiger partial charge in [-0.2, -0.15) is 4.31 Å². The molecule has 1 aromatic carbocycles. The topological polar surface area (TPSA) is 75.7 Å². The van der Waals surface area contributed by atoms with Gasteiger partial charge in [0.05, 0.1) is 4.90 Å². The van der Waals surface area contributed by atoms with Crippen molar-refractivity contribution < 1.29 is 31.1 Å². The Hall–Kier alpha value is -1.81. The van der Waals surface area contributed by atoms with E-state index in [4.69, 9.17) is 0 Å². The lowest BCUT2D eigenvalue weighted by Gasteiger charge is -2.32. The van der Waals surface area contributed by atoms with Crippen LogP contribution in [0.4, 0.5) is 13.2 Å². The zero-order chi connectivity index (χ0) is 18.0. The molecule has 1 fully saturated rings. The van der Waals surface area contributed by atoms with Gasteiger partial charge in [-0.05, 0) is 37.1 Å². The van der Waals surface area contributed by atoms with Gasteiger partial charge in [0, 0.05) is 26.1 Å². The van der Waals surface area contributed by atoms with Crippen LogP contribution in [0.3, 0.4) is 0 Å². The van der Waals surface area contributed by atoms with Crippen molar-refractivity contribution in [3.05, 3.63) is 24.3 Å². The fraction of sp³-hybridized carbons (Fsp3) is 0.500. The van der Waals surface area contributed by atoms with Crippen molar-refractivity contribution in [2.24, 2.45) is 0 Å². The maximum Gasteiger partial charge on any atom is 0.573 e. The minimum atomic E-state index is -4.83. The van der Waals surface area contributed by atoms with Crippen LogP contribution in [-0.4, -0.2) is 44.1 Å². The molecule has 1 heterocycles. The molecule has 10 heteroatoms. The molecule has 0 spiro atoms. The summed E-state index contributed by atoms with van der Waals surface area (Å²) in [6.45, 7) is 1.77. The molecule has 1 aliphatic heterocycles. The molecule has 1 saturated heterocycles. The molecule has 1 aromatic rings. The van der Waals surface area contributed by atoms with Crippen molar-refractivity contribution in [2.75, 3.05) is 13.1 Å². The number of rotatable bonds is 4. The Bertz CT molecular complexity index is 689. The van der Waals surface area contributed by atoms with Crippen molar-refractivity contribution in [2.45, 2.75) is 37.1 Å². The molecule has 1 atom stereocenters. The number of sulfonamides is 1. The summed E-state index contributed by atoms with van der Waals surface area (Å²) >= 11 is 0. The molecule has 1 amide bonds. The lowest BCUT2D eigenvalue weighted by molar-refractivity contribution is -0.274. The van der Waals surface area contributed by atoms with E-state index in [1.165, 1.54) is 11.2 Å². The highest BCUT2D eigenvalue weighted by Gasteiger charge is 2.32. The molecule has 0 aromatic heterocycles. The Morgan fingerprint density at radius 2 is 1.92 bits per heavy atom. The number of hydrogen-bond donors (Lipinski definition) is 1. The highest BCUT2D eigenvalue weighted by molar-refractivity contribution is 7.89. The smallest absolute Gasteiger partial charge is 0.406 e. The minimum absolute atomic E-state index is 0.125. The fourth-order valence-corrected chi connectivity index (χ4v) is 4.05. The van der Waals surface area contributed by atoms with Gasteiger partial charge in [0.25, 0.3) is 0 Å². The van der Waals surface area contributed by atoms with Crippen LogP contribution in [0.15, 0.2) is 29.2 Å². The zero-order valence-electron chi connectivity index (χ0n) is 12.8. The highest BCUT2D eigenvalue weighted by atomic mass is 32.2. The van der Waals surface area contributed by atoms with Gasteiger partial charge in [0.15, 0.2) is 0 Å².